The largest absolute Gasteiger partial charge is 0.409 e. The molecule has 2 rings (SSSR count). The summed E-state index contributed by atoms with van der Waals surface area (Å²) in [6, 6.07) is 5.26. The van der Waals surface area contributed by atoms with Crippen LogP contribution in [0.2, 0.25) is 0 Å². The van der Waals surface area contributed by atoms with E-state index in [9.17, 15) is 4.79 Å². The van der Waals surface area contributed by atoms with Crippen LogP contribution in [0.3, 0.4) is 0 Å². The highest BCUT2D eigenvalue weighted by Crippen LogP contribution is 2.24. The van der Waals surface area contributed by atoms with E-state index in [1.165, 1.54) is 0 Å². The van der Waals surface area contributed by atoms with Gasteiger partial charge in [-0.1, -0.05) is 21.1 Å². The molecule has 1 heterocycles. The molecule has 19 heavy (non-hydrogen) atoms. The molecule has 1 amide bonds. The van der Waals surface area contributed by atoms with Crippen molar-refractivity contribution in [3.63, 3.8) is 0 Å². The molecule has 1 aliphatic rings. The Morgan fingerprint density at radius 3 is 3.00 bits per heavy atom. The lowest BCUT2D eigenvalue weighted by atomic mass is 10.1. The molecule has 1 aliphatic heterocycles. The topological polar surface area (TPSA) is 78.9 Å². The van der Waals surface area contributed by atoms with Crippen LogP contribution in [-0.2, 0) is 0 Å². The molecular formula is C12H13BrIN3O2. The van der Waals surface area contributed by atoms with Gasteiger partial charge in [-0.15, -0.1) is 0 Å². The Bertz CT molecular complexity index is 536. The lowest BCUT2D eigenvalue weighted by molar-refractivity contribution is 0.0766. The summed E-state index contributed by atoms with van der Waals surface area (Å²) in [7, 11) is 0. The van der Waals surface area contributed by atoms with Gasteiger partial charge in [0.2, 0.25) is 0 Å². The number of benzene rings is 1. The summed E-state index contributed by atoms with van der Waals surface area (Å²) in [5, 5.41) is 11.8. The van der Waals surface area contributed by atoms with Crippen molar-refractivity contribution in [2.75, 3.05) is 6.54 Å². The molecule has 1 aromatic carbocycles. The Balaban J connectivity index is 2.31. The first-order chi connectivity index (χ1) is 9.04. The predicted octanol–water partition coefficient (Wildman–Crippen LogP) is 2.40. The molecule has 3 N–H and O–H groups in total. The van der Waals surface area contributed by atoms with Gasteiger partial charge >= 0.3 is 0 Å². The minimum atomic E-state index is -0.313. The Kier molecular flexibility index (Phi) is 4.67. The number of nitrogens with two attached hydrogens (primary N) is 1. The Labute approximate surface area is 133 Å². The monoisotopic (exact) mass is 437 g/mol. The normalized spacial score (nSPS) is 19.8. The number of oxime groups is 1. The Hall–Kier alpha value is -0.830. The molecule has 5 nitrogen and oxygen atoms in total. The van der Waals surface area contributed by atoms with Gasteiger partial charge in [0.25, 0.3) is 5.91 Å². The van der Waals surface area contributed by atoms with Crippen molar-refractivity contribution in [1.29, 1.82) is 0 Å². The Morgan fingerprint density at radius 2 is 2.32 bits per heavy atom. The summed E-state index contributed by atoms with van der Waals surface area (Å²) < 4.78 is 1.74. The van der Waals surface area contributed by atoms with Gasteiger partial charge < -0.3 is 15.8 Å². The summed E-state index contributed by atoms with van der Waals surface area (Å²) in [4.78, 5) is 14.2. The van der Waals surface area contributed by atoms with E-state index in [2.05, 4.69) is 43.7 Å². The van der Waals surface area contributed by atoms with Gasteiger partial charge in [-0.3, -0.25) is 4.79 Å². The summed E-state index contributed by atoms with van der Waals surface area (Å²) in [6.07, 6.45) is 1.59. The molecule has 0 radical (unpaired) electrons. The van der Waals surface area contributed by atoms with Crippen molar-refractivity contribution in [2.45, 2.75) is 18.9 Å². The summed E-state index contributed by atoms with van der Waals surface area (Å²) in [5.41, 5.74) is 6.28. The number of halogens is 2. The first-order valence-electron chi connectivity index (χ1n) is 5.78. The smallest absolute Gasteiger partial charge is 0.255 e. The molecule has 0 aliphatic carbocycles. The average Bonchev–Trinajstić information content (AvgIpc) is 2.89. The quantitative estimate of drug-likeness (QED) is 0.245. The van der Waals surface area contributed by atoms with Crippen molar-refractivity contribution in [3.05, 3.63) is 31.8 Å². The summed E-state index contributed by atoms with van der Waals surface area (Å²) >= 11 is 5.50. The van der Waals surface area contributed by atoms with Crippen molar-refractivity contribution in [3.8, 4) is 0 Å². The molecule has 0 spiro atoms. The van der Waals surface area contributed by atoms with E-state index in [0.717, 1.165) is 20.9 Å². The van der Waals surface area contributed by atoms with Gasteiger partial charge in [0.05, 0.1) is 11.6 Å². The van der Waals surface area contributed by atoms with Crippen LogP contribution in [0, 0.1) is 3.57 Å². The number of hydrogen-bond donors (Lipinski definition) is 2. The highest BCUT2D eigenvalue weighted by molar-refractivity contribution is 14.1. The maximum absolute atomic E-state index is 12.6. The van der Waals surface area contributed by atoms with Gasteiger partial charge in [-0.25, -0.2) is 0 Å². The summed E-state index contributed by atoms with van der Waals surface area (Å²) in [6.45, 7) is 0.627. The fourth-order valence-electron chi connectivity index (χ4n) is 2.20. The second kappa shape index (κ2) is 6.08. The van der Waals surface area contributed by atoms with Crippen LogP contribution in [0.25, 0.3) is 0 Å². The van der Waals surface area contributed by atoms with Crippen molar-refractivity contribution in [1.82, 2.24) is 4.90 Å². The predicted molar refractivity (Wildman–Crippen MR) is 84.3 cm³/mol. The molecular weight excluding hydrogens is 425 g/mol. The van der Waals surface area contributed by atoms with E-state index < -0.39 is 0 Å². The third kappa shape index (κ3) is 3.02. The van der Waals surface area contributed by atoms with Gasteiger partial charge in [0, 0.05) is 14.6 Å². The highest BCUT2D eigenvalue weighted by Gasteiger charge is 2.33. The van der Waals surface area contributed by atoms with E-state index in [1.807, 2.05) is 12.1 Å². The average molecular weight is 438 g/mol. The second-order valence-electron chi connectivity index (χ2n) is 4.31. The summed E-state index contributed by atoms with van der Waals surface area (Å²) in [5.74, 6) is 0.00987. The van der Waals surface area contributed by atoms with Crippen LogP contribution in [0.1, 0.15) is 23.2 Å². The third-order valence-electron chi connectivity index (χ3n) is 3.13. The van der Waals surface area contributed by atoms with Crippen LogP contribution in [0.4, 0.5) is 0 Å². The van der Waals surface area contributed by atoms with Crippen LogP contribution in [0.5, 0.6) is 0 Å². The maximum atomic E-state index is 12.6. The first kappa shape index (κ1) is 14.6. The minimum absolute atomic E-state index is 0.0835. The molecule has 0 bridgehead atoms. The standard InChI is InChI=1S/C12H13BrIN3O2/c13-7-3-4-9(14)8(6-7)12(18)17-5-1-2-10(17)11(15)16-19/h3-4,6,10,19H,1-2,5H2,(H2,15,16). The maximum Gasteiger partial charge on any atom is 0.255 e. The number of likely N-dealkylation sites (tertiary alicyclic amines) is 1. The molecule has 0 aromatic heterocycles. The fourth-order valence-corrected chi connectivity index (χ4v) is 3.13. The van der Waals surface area contributed by atoms with Gasteiger partial charge in [-0.2, -0.15) is 0 Å². The molecule has 102 valence electrons. The third-order valence-corrected chi connectivity index (χ3v) is 4.56. The Morgan fingerprint density at radius 1 is 1.58 bits per heavy atom. The van der Waals surface area contributed by atoms with Crippen LogP contribution >= 0.6 is 38.5 Å². The molecule has 1 fully saturated rings. The number of hydrogen-bond acceptors (Lipinski definition) is 3. The number of carbonyl (C=O) groups is 1. The van der Waals surface area contributed by atoms with Crippen molar-refractivity contribution in [2.24, 2.45) is 10.9 Å². The second-order valence-corrected chi connectivity index (χ2v) is 6.38. The SMILES string of the molecule is N/C(=N/O)C1CCCN1C(=O)c1cc(Br)ccc1I. The lowest BCUT2D eigenvalue weighted by Gasteiger charge is -2.24. The zero-order chi connectivity index (χ0) is 14.0. The number of rotatable bonds is 2. The first-order valence-corrected chi connectivity index (χ1v) is 7.65. The van der Waals surface area contributed by atoms with Crippen molar-refractivity contribution >= 4 is 50.3 Å². The molecule has 1 atom stereocenters. The van der Waals surface area contributed by atoms with Gasteiger partial charge in [0.1, 0.15) is 0 Å². The van der Waals surface area contributed by atoms with Crippen LogP contribution < -0.4 is 5.73 Å². The van der Waals surface area contributed by atoms with E-state index in [0.29, 0.717) is 12.1 Å². The van der Waals surface area contributed by atoms with Gasteiger partial charge in [-0.05, 0) is 53.6 Å². The zero-order valence-electron chi connectivity index (χ0n) is 10.0. The zero-order valence-corrected chi connectivity index (χ0v) is 13.8. The molecule has 1 saturated heterocycles. The lowest BCUT2D eigenvalue weighted by Crippen LogP contribution is -2.44. The van der Waals surface area contributed by atoms with Crippen LogP contribution in [-0.4, -0.2) is 34.4 Å². The molecule has 1 unspecified atom stereocenters. The molecule has 1 aromatic rings. The van der Waals surface area contributed by atoms with Crippen molar-refractivity contribution < 1.29 is 10.0 Å². The minimum Gasteiger partial charge on any atom is -0.409 e. The number of nitrogens with zero attached hydrogens (tertiary/aromatic N) is 2. The van der Waals surface area contributed by atoms with E-state index in [1.54, 1.807) is 11.0 Å². The fraction of sp³-hybridized carbons (Fsp3) is 0.333. The van der Waals surface area contributed by atoms with E-state index in [4.69, 9.17) is 10.9 Å². The number of carbonyl (C=O) groups excluding carboxylic acids is 1. The molecule has 7 heteroatoms. The highest BCUT2D eigenvalue weighted by atomic mass is 127. The molecule has 0 saturated carbocycles. The van der Waals surface area contributed by atoms with Gasteiger partial charge in [0.15, 0.2) is 5.84 Å². The number of amidine groups is 1. The van der Waals surface area contributed by atoms with Crippen LogP contribution in [0.15, 0.2) is 27.8 Å². The number of amides is 1. The van der Waals surface area contributed by atoms with E-state index in [-0.39, 0.29) is 17.8 Å². The van der Waals surface area contributed by atoms with E-state index >= 15 is 0 Å².